The van der Waals surface area contributed by atoms with Gasteiger partial charge in [0.1, 0.15) is 0 Å². The van der Waals surface area contributed by atoms with Crippen LogP contribution in [0.2, 0.25) is 0 Å². The van der Waals surface area contributed by atoms with Crippen molar-refractivity contribution < 1.29 is 0 Å². The number of rotatable bonds is 16. The fraction of sp³-hybridized carbons (Fsp3) is 1.00. The molecular formula is C21H46BrN. The molecule has 0 saturated heterocycles. The number of nitrogens with zero attached hydrogens (tertiary/aromatic N) is 1. The van der Waals surface area contributed by atoms with Crippen molar-refractivity contribution in [3.63, 3.8) is 0 Å². The van der Waals surface area contributed by atoms with Gasteiger partial charge < -0.3 is 4.90 Å². The Morgan fingerprint density at radius 2 is 0.696 bits per heavy atom. The van der Waals surface area contributed by atoms with Crippen LogP contribution in [0.5, 0.6) is 0 Å². The van der Waals surface area contributed by atoms with Crippen molar-refractivity contribution in [2.75, 3.05) is 26.5 Å². The lowest BCUT2D eigenvalue weighted by molar-refractivity contribution is 0.505. The summed E-state index contributed by atoms with van der Waals surface area (Å²) >= 11 is 3.49. The largest absolute Gasteiger partial charge is 0.312 e. The topological polar surface area (TPSA) is 3.24 Å². The highest BCUT2D eigenvalue weighted by molar-refractivity contribution is 9.09. The van der Waals surface area contributed by atoms with E-state index in [-0.39, 0.29) is 0 Å². The Labute approximate surface area is 157 Å². The Bertz CT molecular complexity index is 164. The van der Waals surface area contributed by atoms with Crippen LogP contribution in [0.25, 0.3) is 0 Å². The summed E-state index contributed by atoms with van der Waals surface area (Å²) in [6.07, 6.45) is 23.3. The van der Waals surface area contributed by atoms with E-state index in [2.05, 4.69) is 22.9 Å². The first-order chi connectivity index (χ1) is 11.1. The summed E-state index contributed by atoms with van der Waals surface area (Å²) < 4.78 is 0. The molecule has 2 heteroatoms. The summed E-state index contributed by atoms with van der Waals surface area (Å²) in [7, 11) is 6.00. The van der Waals surface area contributed by atoms with E-state index in [1.807, 2.05) is 26.0 Å². The SMILES string of the molecule is CCCCCCCCCCCCCCCCCCBr.CN(C)C. The molecule has 0 aromatic rings. The van der Waals surface area contributed by atoms with Gasteiger partial charge in [-0.25, -0.2) is 0 Å². The van der Waals surface area contributed by atoms with Crippen molar-refractivity contribution in [1.29, 1.82) is 0 Å². The van der Waals surface area contributed by atoms with E-state index in [9.17, 15) is 0 Å². The Hall–Kier alpha value is 0.440. The van der Waals surface area contributed by atoms with E-state index in [1.54, 1.807) is 0 Å². The molecular weight excluding hydrogens is 346 g/mol. The second-order valence-corrected chi connectivity index (χ2v) is 8.13. The second-order valence-electron chi connectivity index (χ2n) is 7.33. The number of hydrogen-bond acceptors (Lipinski definition) is 1. The average Bonchev–Trinajstić information content (AvgIpc) is 2.50. The highest BCUT2D eigenvalue weighted by atomic mass is 79.9. The van der Waals surface area contributed by atoms with Crippen LogP contribution < -0.4 is 0 Å². The fourth-order valence-corrected chi connectivity index (χ4v) is 3.04. The normalized spacial score (nSPS) is 10.7. The first kappa shape index (κ1) is 25.7. The molecule has 0 spiro atoms. The lowest BCUT2D eigenvalue weighted by atomic mass is 10.0. The molecule has 0 aliphatic carbocycles. The summed E-state index contributed by atoms with van der Waals surface area (Å²) in [5, 5.41) is 1.19. The first-order valence-electron chi connectivity index (χ1n) is 10.3. The Morgan fingerprint density at radius 3 is 0.913 bits per heavy atom. The minimum absolute atomic E-state index is 1.19. The van der Waals surface area contributed by atoms with E-state index >= 15 is 0 Å². The third-order valence-corrected chi connectivity index (χ3v) is 4.55. The molecule has 0 unspecified atom stereocenters. The maximum Gasteiger partial charge on any atom is 0.00313 e. The summed E-state index contributed by atoms with van der Waals surface area (Å²) in [6.45, 7) is 2.29. The molecule has 0 aliphatic heterocycles. The fourth-order valence-electron chi connectivity index (χ4n) is 2.64. The molecule has 0 bridgehead atoms. The van der Waals surface area contributed by atoms with Crippen LogP contribution in [0.1, 0.15) is 110 Å². The zero-order valence-electron chi connectivity index (χ0n) is 16.8. The molecule has 23 heavy (non-hydrogen) atoms. The quantitative estimate of drug-likeness (QED) is 0.191. The van der Waals surface area contributed by atoms with Gasteiger partial charge in [-0.3, -0.25) is 0 Å². The molecule has 142 valence electrons. The summed E-state index contributed by atoms with van der Waals surface area (Å²) in [5.41, 5.74) is 0. The molecule has 0 rings (SSSR count). The summed E-state index contributed by atoms with van der Waals surface area (Å²) in [4.78, 5) is 2.00. The van der Waals surface area contributed by atoms with Crippen LogP contribution in [-0.2, 0) is 0 Å². The Balaban J connectivity index is 0. The van der Waals surface area contributed by atoms with Gasteiger partial charge >= 0.3 is 0 Å². The van der Waals surface area contributed by atoms with Crippen LogP contribution >= 0.6 is 15.9 Å². The smallest absolute Gasteiger partial charge is 0.00313 e. The Kier molecular flexibility index (Phi) is 27.6. The third-order valence-electron chi connectivity index (χ3n) is 3.99. The minimum Gasteiger partial charge on any atom is -0.312 e. The summed E-state index contributed by atoms with van der Waals surface area (Å²) in [6, 6.07) is 0. The molecule has 0 aromatic heterocycles. The van der Waals surface area contributed by atoms with Crippen LogP contribution in [-0.4, -0.2) is 31.4 Å². The van der Waals surface area contributed by atoms with Gasteiger partial charge in [0.05, 0.1) is 0 Å². The lowest BCUT2D eigenvalue weighted by Gasteiger charge is -2.03. The van der Waals surface area contributed by atoms with Gasteiger partial charge in [0, 0.05) is 5.33 Å². The number of unbranched alkanes of at least 4 members (excludes halogenated alkanes) is 15. The maximum atomic E-state index is 3.49. The van der Waals surface area contributed by atoms with Crippen molar-refractivity contribution in [3.05, 3.63) is 0 Å². The predicted octanol–water partition coefficient (Wildman–Crippen LogP) is 7.82. The van der Waals surface area contributed by atoms with Gasteiger partial charge in [-0.1, -0.05) is 119 Å². The van der Waals surface area contributed by atoms with E-state index in [1.165, 1.54) is 108 Å². The highest BCUT2D eigenvalue weighted by Crippen LogP contribution is 2.13. The molecule has 0 amide bonds. The standard InChI is InChI=1S/C18H37Br.C3H9N/c1-2-3-4-5-6-7-8-9-10-11-12-13-14-15-16-17-18-19;1-4(2)3/h2-18H2,1H3;1-3H3. The highest BCUT2D eigenvalue weighted by Gasteiger charge is 1.94. The number of alkyl halides is 1. The molecule has 0 radical (unpaired) electrons. The second kappa shape index (κ2) is 24.7. The van der Waals surface area contributed by atoms with E-state index in [4.69, 9.17) is 0 Å². The van der Waals surface area contributed by atoms with E-state index < -0.39 is 0 Å². The van der Waals surface area contributed by atoms with Crippen LogP contribution in [0.3, 0.4) is 0 Å². The lowest BCUT2D eigenvalue weighted by Crippen LogP contribution is -1.99. The van der Waals surface area contributed by atoms with Crippen molar-refractivity contribution in [1.82, 2.24) is 4.90 Å². The van der Waals surface area contributed by atoms with Gasteiger partial charge in [-0.05, 0) is 27.6 Å². The first-order valence-corrected chi connectivity index (χ1v) is 11.4. The molecule has 0 heterocycles. The van der Waals surface area contributed by atoms with Crippen molar-refractivity contribution in [3.8, 4) is 0 Å². The van der Waals surface area contributed by atoms with Gasteiger partial charge in [0.2, 0.25) is 0 Å². The average molecular weight is 393 g/mol. The minimum atomic E-state index is 1.19. The zero-order chi connectivity index (χ0) is 17.6. The van der Waals surface area contributed by atoms with Gasteiger partial charge in [0.25, 0.3) is 0 Å². The van der Waals surface area contributed by atoms with Crippen LogP contribution in [0.4, 0.5) is 0 Å². The molecule has 0 saturated carbocycles. The monoisotopic (exact) mass is 391 g/mol. The molecule has 0 fully saturated rings. The maximum absolute atomic E-state index is 3.49. The number of halogens is 1. The third kappa shape index (κ3) is 34.7. The molecule has 0 aliphatic rings. The Morgan fingerprint density at radius 1 is 0.478 bits per heavy atom. The molecule has 0 N–H and O–H groups in total. The van der Waals surface area contributed by atoms with E-state index in [0.29, 0.717) is 0 Å². The number of hydrogen-bond donors (Lipinski definition) is 0. The van der Waals surface area contributed by atoms with Crippen LogP contribution in [0.15, 0.2) is 0 Å². The molecule has 0 atom stereocenters. The zero-order valence-corrected chi connectivity index (χ0v) is 18.4. The molecule has 0 aromatic carbocycles. The van der Waals surface area contributed by atoms with Gasteiger partial charge in [-0.15, -0.1) is 0 Å². The van der Waals surface area contributed by atoms with Gasteiger partial charge in [-0.2, -0.15) is 0 Å². The predicted molar refractivity (Wildman–Crippen MR) is 113 cm³/mol. The van der Waals surface area contributed by atoms with Gasteiger partial charge in [0.15, 0.2) is 0 Å². The van der Waals surface area contributed by atoms with Crippen LogP contribution in [0, 0.1) is 0 Å². The van der Waals surface area contributed by atoms with E-state index in [0.717, 1.165) is 0 Å². The van der Waals surface area contributed by atoms with Crippen molar-refractivity contribution in [2.45, 2.75) is 110 Å². The summed E-state index contributed by atoms with van der Waals surface area (Å²) in [5.74, 6) is 0. The van der Waals surface area contributed by atoms with Crippen molar-refractivity contribution in [2.24, 2.45) is 0 Å². The molecule has 1 nitrogen and oxygen atoms in total. The van der Waals surface area contributed by atoms with Crippen molar-refractivity contribution >= 4 is 15.9 Å².